The third kappa shape index (κ3) is 5.91. The molecule has 1 spiro atoms. The molecule has 1 aromatic carbocycles. The summed E-state index contributed by atoms with van der Waals surface area (Å²) in [5, 5.41) is 12.1. The standard InChI is InChI=1S/C32H40BrN3O7/c1-19-11-12-20(2)23(16-19)35-13-7-4-6-10-24(38)34-18-21(3)42-31(41)25-26-29(39)36(14-8-5-9-15-37)28(30(35)40)32(26)17-22(33)27(25)43-32/h4,7,11-12,16-17,21,25-28,37H,5-6,8-10,13-15,18H2,1-3H3,(H,34,38)/b7-4-/t21-,25+,26-,27+,28+,32-/m0/s1. The summed E-state index contributed by atoms with van der Waals surface area (Å²) in [4.78, 5) is 58.5. The first-order valence-electron chi connectivity index (χ1n) is 15.1. The Labute approximate surface area is 260 Å². The fraction of sp³-hybridized carbons (Fsp3) is 0.562. The molecule has 6 atom stereocenters. The van der Waals surface area contributed by atoms with Gasteiger partial charge in [0.1, 0.15) is 29.8 Å². The zero-order valence-corrected chi connectivity index (χ0v) is 26.5. The first kappa shape index (κ1) is 31.4. The van der Waals surface area contributed by atoms with Crippen LogP contribution in [0.1, 0.15) is 50.2 Å². The lowest BCUT2D eigenvalue weighted by Gasteiger charge is -2.36. The predicted octanol–water partition coefficient (Wildman–Crippen LogP) is 3.07. The number of carbonyl (C=O) groups excluding carboxylic acids is 4. The number of carbonyl (C=O) groups is 4. The summed E-state index contributed by atoms with van der Waals surface area (Å²) in [6, 6.07) is 4.88. The third-order valence-electron chi connectivity index (χ3n) is 8.81. The van der Waals surface area contributed by atoms with Crippen LogP contribution in [0.3, 0.4) is 0 Å². The van der Waals surface area contributed by atoms with Gasteiger partial charge < -0.3 is 29.7 Å². The average Bonchev–Trinajstić information content (AvgIpc) is 3.56. The van der Waals surface area contributed by atoms with Gasteiger partial charge in [0.05, 0.1) is 12.5 Å². The van der Waals surface area contributed by atoms with Crippen LogP contribution in [-0.4, -0.2) is 83.8 Å². The van der Waals surface area contributed by atoms with Crippen LogP contribution in [0.4, 0.5) is 5.69 Å². The number of aliphatic hydroxyl groups excluding tert-OH is 1. The van der Waals surface area contributed by atoms with Crippen molar-refractivity contribution in [1.29, 1.82) is 0 Å². The Bertz CT molecular complexity index is 1350. The summed E-state index contributed by atoms with van der Waals surface area (Å²) in [6.07, 6.45) is 6.76. The molecule has 1 aromatic rings. The number of amides is 3. The third-order valence-corrected chi connectivity index (χ3v) is 9.49. The maximum absolute atomic E-state index is 14.9. The van der Waals surface area contributed by atoms with E-state index < -0.39 is 41.7 Å². The first-order valence-corrected chi connectivity index (χ1v) is 15.9. The summed E-state index contributed by atoms with van der Waals surface area (Å²) < 4.78 is 12.9. The molecule has 5 rings (SSSR count). The van der Waals surface area contributed by atoms with Crippen LogP contribution < -0.4 is 10.2 Å². The zero-order chi connectivity index (χ0) is 30.9. The Hall–Kier alpha value is -3.02. The number of likely N-dealkylation sites (tertiary alicyclic amines) is 1. The Kier molecular flexibility index (Phi) is 9.43. The molecular formula is C32H40BrN3O7. The highest BCUT2D eigenvalue weighted by molar-refractivity contribution is 9.11. The fourth-order valence-electron chi connectivity index (χ4n) is 6.72. The number of cyclic esters (lactones) is 1. The van der Waals surface area contributed by atoms with E-state index in [4.69, 9.17) is 9.47 Å². The van der Waals surface area contributed by atoms with Gasteiger partial charge in [0.2, 0.25) is 11.8 Å². The fourth-order valence-corrected chi connectivity index (χ4v) is 7.45. The van der Waals surface area contributed by atoms with Crippen LogP contribution in [0.5, 0.6) is 0 Å². The molecule has 43 heavy (non-hydrogen) atoms. The number of benzene rings is 1. The Morgan fingerprint density at radius 2 is 1.88 bits per heavy atom. The molecule has 5 bridgehead atoms. The summed E-state index contributed by atoms with van der Waals surface area (Å²) in [6.45, 7) is 6.29. The van der Waals surface area contributed by atoms with E-state index in [-0.39, 0.29) is 50.4 Å². The highest BCUT2D eigenvalue weighted by Crippen LogP contribution is 2.59. The number of halogens is 1. The number of aryl methyl sites for hydroxylation is 2. The minimum atomic E-state index is -1.36. The lowest BCUT2D eigenvalue weighted by molar-refractivity contribution is -0.158. The van der Waals surface area contributed by atoms with Crippen LogP contribution in [0.25, 0.3) is 0 Å². The number of anilines is 1. The summed E-state index contributed by atoms with van der Waals surface area (Å²) in [7, 11) is 0. The number of esters is 1. The molecule has 4 aliphatic rings. The van der Waals surface area contributed by atoms with Crippen molar-refractivity contribution >= 4 is 45.3 Å². The van der Waals surface area contributed by atoms with Crippen LogP contribution in [-0.2, 0) is 28.7 Å². The van der Waals surface area contributed by atoms with Gasteiger partial charge in [0.15, 0.2) is 0 Å². The maximum Gasteiger partial charge on any atom is 0.313 e. The average molecular weight is 659 g/mol. The molecule has 232 valence electrons. The summed E-state index contributed by atoms with van der Waals surface area (Å²) >= 11 is 3.57. The largest absolute Gasteiger partial charge is 0.460 e. The van der Waals surface area contributed by atoms with Gasteiger partial charge in [-0.25, -0.2) is 0 Å². The second-order valence-electron chi connectivity index (χ2n) is 11.9. The molecule has 4 aliphatic heterocycles. The molecule has 10 nitrogen and oxygen atoms in total. The van der Waals surface area contributed by atoms with Crippen molar-refractivity contribution in [3.8, 4) is 0 Å². The minimum Gasteiger partial charge on any atom is -0.460 e. The monoisotopic (exact) mass is 657 g/mol. The molecule has 4 heterocycles. The first-order chi connectivity index (χ1) is 20.6. The van der Waals surface area contributed by atoms with Crippen molar-refractivity contribution in [3.63, 3.8) is 0 Å². The number of allylic oxidation sites excluding steroid dienone is 1. The van der Waals surface area contributed by atoms with E-state index in [1.54, 1.807) is 22.8 Å². The number of ether oxygens (including phenoxy) is 2. The van der Waals surface area contributed by atoms with Gasteiger partial charge in [-0.2, -0.15) is 0 Å². The minimum absolute atomic E-state index is 0.0443. The molecule has 11 heteroatoms. The van der Waals surface area contributed by atoms with E-state index in [1.807, 2.05) is 44.2 Å². The normalized spacial score (nSPS) is 32.0. The predicted molar refractivity (Wildman–Crippen MR) is 163 cm³/mol. The van der Waals surface area contributed by atoms with Crippen molar-refractivity contribution in [2.75, 3.05) is 31.1 Å². The molecule has 0 aliphatic carbocycles. The van der Waals surface area contributed by atoms with Crippen molar-refractivity contribution in [1.82, 2.24) is 10.2 Å². The number of rotatable bonds is 6. The number of aliphatic hydroxyl groups is 1. The second-order valence-corrected chi connectivity index (χ2v) is 12.9. The summed E-state index contributed by atoms with van der Waals surface area (Å²) in [5.74, 6) is -3.28. The van der Waals surface area contributed by atoms with Crippen LogP contribution >= 0.6 is 15.9 Å². The molecule has 3 amide bonds. The molecule has 0 aromatic heterocycles. The van der Waals surface area contributed by atoms with Gasteiger partial charge in [-0.1, -0.05) is 40.2 Å². The van der Waals surface area contributed by atoms with Crippen molar-refractivity contribution in [2.45, 2.75) is 76.7 Å². The van der Waals surface area contributed by atoms with Crippen molar-refractivity contribution in [2.24, 2.45) is 11.8 Å². The number of fused-ring (bicyclic) bond motifs is 2. The number of nitrogens with zero attached hydrogens (tertiary/aromatic N) is 2. The smallest absolute Gasteiger partial charge is 0.313 e. The number of unbranched alkanes of at least 4 members (excludes halogenated alkanes) is 2. The lowest BCUT2D eigenvalue weighted by atomic mass is 9.74. The highest BCUT2D eigenvalue weighted by Gasteiger charge is 2.74. The number of hydrogen-bond acceptors (Lipinski definition) is 7. The maximum atomic E-state index is 14.9. The SMILES string of the molecule is Cc1ccc(C)c(N2C/C=C\CCC(=O)NC[C@H](C)OC(=O)[C@H]3[C@@H]4O[C@@]5(C=C4Br)[C@@H]3C(=O)N(CCCCCO)[C@@H]5C2=O)c1. The molecule has 2 N–H and O–H groups in total. The second kappa shape index (κ2) is 12.9. The Morgan fingerprint density at radius 3 is 2.65 bits per heavy atom. The van der Waals surface area contributed by atoms with Crippen LogP contribution in [0.15, 0.2) is 40.9 Å². The quantitative estimate of drug-likeness (QED) is 0.274. The number of nitrogens with one attached hydrogen (secondary N) is 1. The van der Waals surface area contributed by atoms with E-state index >= 15 is 0 Å². The molecule has 2 saturated heterocycles. The van der Waals surface area contributed by atoms with E-state index in [0.717, 1.165) is 16.8 Å². The molecule has 0 radical (unpaired) electrons. The van der Waals surface area contributed by atoms with Crippen LogP contribution in [0, 0.1) is 25.7 Å². The Morgan fingerprint density at radius 1 is 1.09 bits per heavy atom. The van der Waals surface area contributed by atoms with Gasteiger partial charge >= 0.3 is 5.97 Å². The lowest BCUT2D eigenvalue weighted by Crippen LogP contribution is -2.56. The van der Waals surface area contributed by atoms with E-state index in [2.05, 4.69) is 21.2 Å². The van der Waals surface area contributed by atoms with Gasteiger partial charge in [-0.05, 0) is 69.7 Å². The van der Waals surface area contributed by atoms with Gasteiger partial charge in [0, 0.05) is 36.3 Å². The van der Waals surface area contributed by atoms with E-state index in [0.29, 0.717) is 30.2 Å². The molecule has 0 saturated carbocycles. The van der Waals surface area contributed by atoms with Crippen LogP contribution in [0.2, 0.25) is 0 Å². The van der Waals surface area contributed by atoms with Crippen molar-refractivity contribution < 1.29 is 33.8 Å². The van der Waals surface area contributed by atoms with E-state index in [9.17, 15) is 24.3 Å². The number of hydrogen-bond donors (Lipinski definition) is 2. The summed E-state index contributed by atoms with van der Waals surface area (Å²) in [5.41, 5.74) is 1.24. The van der Waals surface area contributed by atoms with Gasteiger partial charge in [-0.15, -0.1) is 0 Å². The van der Waals surface area contributed by atoms with Gasteiger partial charge in [-0.3, -0.25) is 19.2 Å². The zero-order valence-electron chi connectivity index (χ0n) is 24.9. The van der Waals surface area contributed by atoms with Crippen molar-refractivity contribution in [3.05, 3.63) is 52.0 Å². The van der Waals surface area contributed by atoms with E-state index in [1.165, 1.54) is 0 Å². The molecule has 2 fully saturated rings. The Balaban J connectivity index is 1.61. The van der Waals surface area contributed by atoms with Gasteiger partial charge in [0.25, 0.3) is 5.91 Å². The topological polar surface area (TPSA) is 125 Å². The highest BCUT2D eigenvalue weighted by atomic mass is 79.9. The molecular weight excluding hydrogens is 618 g/mol. The molecule has 0 unspecified atom stereocenters.